The maximum atomic E-state index is 13.8. The largest absolute Gasteiger partial charge is 0.483 e. The Morgan fingerprint density at radius 1 is 0.716 bits per heavy atom. The van der Waals surface area contributed by atoms with Crippen LogP contribution in [-0.2, 0) is 35.1 Å². The Morgan fingerprint density at radius 3 is 1.72 bits per heavy atom. The molecule has 3 aliphatic rings. The highest BCUT2D eigenvalue weighted by Crippen LogP contribution is 2.34. The van der Waals surface area contributed by atoms with Crippen LogP contribution in [-0.4, -0.2) is 139 Å². The third-order valence-electron chi connectivity index (χ3n) is 12.8. The number of carbonyl (C=O) groups is 6. The first-order valence-electron chi connectivity index (χ1n) is 27.0. The fourth-order valence-electron chi connectivity index (χ4n) is 9.00. The number of carboxylic acid groups (broad SMARTS) is 2. The zero-order chi connectivity index (χ0) is 59.7. The molecule has 0 saturated carbocycles. The van der Waals surface area contributed by atoms with Gasteiger partial charge in [0, 0.05) is 37.7 Å². The number of halogens is 1. The molecule has 21 heteroatoms. The number of hydrogen-bond donors (Lipinski definition) is 7. The average Bonchev–Trinajstić information content (AvgIpc) is 4.33. The van der Waals surface area contributed by atoms with Gasteiger partial charge in [-0.25, -0.2) is 23.8 Å². The number of carbonyl (C=O) groups excluding carboxylic acids is 4. The summed E-state index contributed by atoms with van der Waals surface area (Å²) < 4.78 is 30.1. The lowest BCUT2D eigenvalue weighted by molar-refractivity contribution is -0.142. The van der Waals surface area contributed by atoms with Crippen LogP contribution < -0.4 is 16.8 Å². The zero-order valence-corrected chi connectivity index (χ0v) is 47.1. The number of rotatable bonds is 13. The SMILES string of the molecule is CC(C)(C)OC(=O)N1CCC[C@H]1C(=O)N[C@@H](CO)c1ccccc1.CC(C)(C)OC(=O)N1CCC[C@H]1C(=O)O.N[C@@H](CC(=O)N1CCC[C@H]1c1nc(-c2ccccc2)co1)Cc1ccccc1F.N[C@@H](CO)c1ccccc1.O=CO. The minimum atomic E-state index is -0.960. The Labute approximate surface area is 473 Å². The number of likely N-dealkylation sites (tertiary alicyclic amines) is 3. The Kier molecular flexibility index (Phi) is 26.4. The van der Waals surface area contributed by atoms with E-state index in [1.807, 2.05) is 91.0 Å². The Bertz CT molecular complexity index is 2720. The number of amides is 4. The molecular weight excluding hydrogens is 1050 g/mol. The Hall–Kier alpha value is -7.72. The molecule has 4 amide bonds. The van der Waals surface area contributed by atoms with Gasteiger partial charge in [-0.15, -0.1) is 0 Å². The zero-order valence-electron chi connectivity index (χ0n) is 47.1. The molecule has 4 aromatic carbocycles. The highest BCUT2D eigenvalue weighted by Gasteiger charge is 2.39. The van der Waals surface area contributed by atoms with Crippen LogP contribution in [0.25, 0.3) is 11.3 Å². The summed E-state index contributed by atoms with van der Waals surface area (Å²) in [6.07, 6.45) is 5.40. The Morgan fingerprint density at radius 2 is 1.20 bits per heavy atom. The summed E-state index contributed by atoms with van der Waals surface area (Å²) in [6.45, 7) is 11.9. The maximum Gasteiger partial charge on any atom is 0.411 e. The number of aromatic nitrogens is 1. The summed E-state index contributed by atoms with van der Waals surface area (Å²) in [5.74, 6) is -1.00. The van der Waals surface area contributed by atoms with Gasteiger partial charge in [0.05, 0.1) is 25.3 Å². The first-order chi connectivity index (χ1) is 38.5. The van der Waals surface area contributed by atoms with Crippen molar-refractivity contribution in [2.24, 2.45) is 11.5 Å². The molecule has 3 fully saturated rings. The smallest absolute Gasteiger partial charge is 0.411 e. The number of benzene rings is 4. The van der Waals surface area contributed by atoms with Crippen LogP contribution in [0, 0.1) is 5.82 Å². The quantitative estimate of drug-likeness (QED) is 0.0547. The van der Waals surface area contributed by atoms with E-state index in [0.29, 0.717) is 50.4 Å². The van der Waals surface area contributed by atoms with Crippen molar-refractivity contribution >= 4 is 36.4 Å². The van der Waals surface area contributed by atoms with Gasteiger partial charge in [-0.3, -0.25) is 24.2 Å². The molecule has 5 aromatic rings. The van der Waals surface area contributed by atoms with E-state index in [9.17, 15) is 33.5 Å². The van der Waals surface area contributed by atoms with E-state index in [0.717, 1.165) is 48.1 Å². The second-order valence-corrected chi connectivity index (χ2v) is 21.4. The molecule has 440 valence electrons. The standard InChI is InChI=1S/C23H24FN3O2.C18H26N2O4.C10H17NO4.C8H11NO.CH2O2/c24-19-10-5-4-9-17(19)13-18(25)14-22(28)27-12-6-11-21(27)23-26-20(15-29-23)16-7-2-1-3-8-16;1-18(2,3)24-17(23)20-11-7-10-15(20)16(22)19-14(12-21)13-8-5-4-6-9-13;1-10(2,3)15-9(14)11-6-4-5-7(11)8(12)13;9-8(6-10)7-4-2-1-3-5-7;2-1-3/h1-5,7-10,15,18,21H,6,11-14,25H2;4-6,8-9,14-15,21H,7,10-12H2,1-3H3,(H,19,22);7H,4-6H2,1-3H3,(H,12,13);1-5,8,10H,6,9H2;1H,(H,2,3)/t18-,21+;14-,15-;7-;8-;/m1000./s1. The van der Waals surface area contributed by atoms with Gasteiger partial charge in [0.2, 0.25) is 17.7 Å². The summed E-state index contributed by atoms with van der Waals surface area (Å²) in [6, 6.07) is 32.5. The summed E-state index contributed by atoms with van der Waals surface area (Å²) >= 11 is 0. The highest BCUT2D eigenvalue weighted by atomic mass is 19.1. The molecule has 0 bridgehead atoms. The molecule has 4 heterocycles. The molecule has 3 saturated heterocycles. The van der Waals surface area contributed by atoms with Gasteiger partial charge in [-0.05, 0) is 109 Å². The first kappa shape index (κ1) is 65.8. The van der Waals surface area contributed by atoms with E-state index >= 15 is 0 Å². The maximum absolute atomic E-state index is 13.8. The van der Waals surface area contributed by atoms with E-state index in [4.69, 9.17) is 45.5 Å². The van der Waals surface area contributed by atoms with Gasteiger partial charge < -0.3 is 56.0 Å². The van der Waals surface area contributed by atoms with E-state index in [1.165, 1.54) is 15.9 Å². The minimum Gasteiger partial charge on any atom is -0.483 e. The molecule has 9 N–H and O–H groups in total. The van der Waals surface area contributed by atoms with Gasteiger partial charge in [0.25, 0.3) is 6.47 Å². The van der Waals surface area contributed by atoms with Crippen molar-refractivity contribution in [2.45, 2.75) is 140 Å². The summed E-state index contributed by atoms with van der Waals surface area (Å²) in [5, 5.41) is 36.8. The number of aliphatic carboxylic acids is 1. The van der Waals surface area contributed by atoms with Crippen LogP contribution in [0.1, 0.15) is 127 Å². The molecule has 0 unspecified atom stereocenters. The summed E-state index contributed by atoms with van der Waals surface area (Å²) in [4.78, 5) is 77.7. The molecular formula is C60H80FN7O13. The third kappa shape index (κ3) is 21.7. The first-order valence-corrected chi connectivity index (χ1v) is 27.0. The fourth-order valence-corrected chi connectivity index (χ4v) is 9.00. The van der Waals surface area contributed by atoms with E-state index in [2.05, 4.69) is 10.3 Å². The number of nitrogens with one attached hydrogen (secondary N) is 1. The lowest BCUT2D eigenvalue weighted by Gasteiger charge is -2.29. The number of carboxylic acids is 1. The van der Waals surface area contributed by atoms with Crippen molar-refractivity contribution in [2.75, 3.05) is 32.8 Å². The number of ether oxygens (including phenoxy) is 2. The highest BCUT2D eigenvalue weighted by molar-refractivity contribution is 5.86. The van der Waals surface area contributed by atoms with Crippen molar-refractivity contribution in [1.82, 2.24) is 25.0 Å². The van der Waals surface area contributed by atoms with Crippen LogP contribution in [0.15, 0.2) is 126 Å². The lowest BCUT2D eigenvalue weighted by atomic mass is 10.0. The predicted octanol–water partition coefficient (Wildman–Crippen LogP) is 8.19. The van der Waals surface area contributed by atoms with E-state index in [1.54, 1.807) is 70.9 Å². The van der Waals surface area contributed by atoms with Crippen molar-refractivity contribution in [1.29, 1.82) is 0 Å². The molecule has 1 aromatic heterocycles. The van der Waals surface area contributed by atoms with Crippen molar-refractivity contribution in [3.05, 3.63) is 150 Å². The number of oxazole rings is 1. The van der Waals surface area contributed by atoms with Crippen molar-refractivity contribution < 1.29 is 67.5 Å². The Balaban J connectivity index is 0.000000243. The molecule has 20 nitrogen and oxygen atoms in total. The summed E-state index contributed by atoms with van der Waals surface area (Å²) in [5.41, 5.74) is 14.6. The van der Waals surface area contributed by atoms with Gasteiger partial charge in [-0.1, -0.05) is 109 Å². The monoisotopic (exact) mass is 1130 g/mol. The molecule has 8 rings (SSSR count). The fraction of sp³-hybridized carbons (Fsp3) is 0.450. The van der Waals surface area contributed by atoms with Crippen LogP contribution in [0.2, 0.25) is 0 Å². The number of nitrogens with zero attached hydrogens (tertiary/aromatic N) is 4. The number of aliphatic hydroxyl groups excluding tert-OH is 2. The number of nitrogens with two attached hydrogens (primary N) is 2. The molecule has 6 atom stereocenters. The van der Waals surface area contributed by atoms with E-state index in [-0.39, 0.29) is 55.8 Å². The molecule has 81 heavy (non-hydrogen) atoms. The molecule has 3 aliphatic heterocycles. The van der Waals surface area contributed by atoms with Gasteiger partial charge >= 0.3 is 18.2 Å². The van der Waals surface area contributed by atoms with Gasteiger partial charge in [-0.2, -0.15) is 0 Å². The van der Waals surface area contributed by atoms with Crippen molar-refractivity contribution in [3.63, 3.8) is 0 Å². The minimum absolute atomic E-state index is 0.00398. The number of aliphatic hydroxyl groups is 2. The molecule has 0 radical (unpaired) electrons. The second-order valence-electron chi connectivity index (χ2n) is 21.4. The predicted molar refractivity (Wildman–Crippen MR) is 301 cm³/mol. The normalized spacial score (nSPS) is 17.6. The van der Waals surface area contributed by atoms with Crippen LogP contribution in [0.4, 0.5) is 14.0 Å². The molecule has 0 spiro atoms. The summed E-state index contributed by atoms with van der Waals surface area (Å²) in [7, 11) is 0. The van der Waals surface area contributed by atoms with Crippen molar-refractivity contribution in [3.8, 4) is 11.3 Å². The van der Waals surface area contributed by atoms with Crippen LogP contribution in [0.5, 0.6) is 0 Å². The van der Waals surface area contributed by atoms with Crippen LogP contribution in [0.3, 0.4) is 0 Å². The van der Waals surface area contributed by atoms with Crippen LogP contribution >= 0.6 is 0 Å². The average molecular weight is 1130 g/mol. The second kappa shape index (κ2) is 32.5. The molecule has 0 aliphatic carbocycles. The third-order valence-corrected chi connectivity index (χ3v) is 12.8. The lowest BCUT2D eigenvalue weighted by Crippen LogP contribution is -2.48. The topological polar surface area (TPSA) is 302 Å². The van der Waals surface area contributed by atoms with Gasteiger partial charge in [0.1, 0.15) is 47.1 Å². The number of hydrogen-bond acceptors (Lipinski definition) is 14. The van der Waals surface area contributed by atoms with Gasteiger partial charge in [0.15, 0.2) is 0 Å². The van der Waals surface area contributed by atoms with E-state index < -0.39 is 53.5 Å².